The van der Waals surface area contributed by atoms with E-state index in [-0.39, 0.29) is 36.7 Å². The molecule has 3 aromatic rings. The van der Waals surface area contributed by atoms with Crippen LogP contribution in [0.3, 0.4) is 0 Å². The van der Waals surface area contributed by atoms with Crippen molar-refractivity contribution in [1.82, 2.24) is 23.8 Å². The van der Waals surface area contributed by atoms with E-state index in [0.717, 1.165) is 17.2 Å². The summed E-state index contributed by atoms with van der Waals surface area (Å²) >= 11 is 0. The Kier molecular flexibility index (Phi) is 6.64. The number of ketones is 1. The van der Waals surface area contributed by atoms with Crippen LogP contribution in [0.15, 0.2) is 95.3 Å². The molecule has 0 radical (unpaired) electrons. The summed E-state index contributed by atoms with van der Waals surface area (Å²) in [4.78, 5) is 23.0. The lowest BCUT2D eigenvalue weighted by atomic mass is 9.60. The number of halogens is 3. The average Bonchev–Trinajstić information content (AvgIpc) is 3.63. The van der Waals surface area contributed by atoms with Crippen LogP contribution in [-0.4, -0.2) is 57.2 Å². The van der Waals surface area contributed by atoms with Crippen LogP contribution in [0.1, 0.15) is 48.7 Å². The number of carbonyl (C=O) groups excluding carboxylic acids is 1. The van der Waals surface area contributed by atoms with Gasteiger partial charge in [-0.25, -0.2) is 17.8 Å². The zero-order valence-corrected chi connectivity index (χ0v) is 25.6. The monoisotopic (exact) mass is 636 g/mol. The van der Waals surface area contributed by atoms with Gasteiger partial charge in [-0.3, -0.25) is 19.8 Å². The number of alkyl halides is 2. The summed E-state index contributed by atoms with van der Waals surface area (Å²) < 4.78 is 76.8. The topological polar surface area (TPSA) is 91.6 Å². The summed E-state index contributed by atoms with van der Waals surface area (Å²) in [6, 6.07) is 7.31. The lowest BCUT2D eigenvalue weighted by molar-refractivity contribution is 0.00894. The molecule has 0 amide bonds. The molecule has 0 N–H and O–H groups in total. The van der Waals surface area contributed by atoms with E-state index in [0.29, 0.717) is 24.2 Å². The molecule has 234 valence electrons. The van der Waals surface area contributed by atoms with E-state index in [4.69, 9.17) is 0 Å². The minimum Gasteiger partial charge on any atom is -0.339 e. The van der Waals surface area contributed by atoms with Crippen LogP contribution >= 0.6 is 0 Å². The Hall–Kier alpha value is -4.23. The van der Waals surface area contributed by atoms with Crippen molar-refractivity contribution in [3.05, 3.63) is 107 Å². The van der Waals surface area contributed by atoms with E-state index in [1.165, 1.54) is 58.4 Å². The molecule has 0 unspecified atom stereocenters. The van der Waals surface area contributed by atoms with Crippen LogP contribution in [-0.2, 0) is 23.0 Å². The molecule has 2 aliphatic heterocycles. The first-order chi connectivity index (χ1) is 21.4. The zero-order chi connectivity index (χ0) is 31.9. The van der Waals surface area contributed by atoms with E-state index in [1.807, 2.05) is 6.08 Å². The van der Waals surface area contributed by atoms with Crippen molar-refractivity contribution in [2.75, 3.05) is 18.1 Å². The number of rotatable bonds is 5. The Balaban J connectivity index is 1.39. The van der Waals surface area contributed by atoms with E-state index in [2.05, 4.69) is 16.5 Å². The third-order valence-electron chi connectivity index (χ3n) is 9.45. The maximum Gasteiger partial charge on any atom is 0.314 e. The van der Waals surface area contributed by atoms with Crippen molar-refractivity contribution in [1.29, 1.82) is 0 Å². The molecule has 45 heavy (non-hydrogen) atoms. The summed E-state index contributed by atoms with van der Waals surface area (Å²) in [5, 5.41) is 2.92. The predicted octanol–water partition coefficient (Wildman–Crippen LogP) is 5.33. The minimum atomic E-state index is -3.99. The van der Waals surface area contributed by atoms with Gasteiger partial charge >= 0.3 is 5.92 Å². The van der Waals surface area contributed by atoms with Crippen LogP contribution in [0.4, 0.5) is 18.9 Å². The van der Waals surface area contributed by atoms with Crippen molar-refractivity contribution in [2.24, 2.45) is 12.5 Å². The van der Waals surface area contributed by atoms with Gasteiger partial charge in [0.25, 0.3) is 10.0 Å². The first kappa shape index (κ1) is 29.5. The van der Waals surface area contributed by atoms with Crippen LogP contribution < -0.4 is 5.01 Å². The standard InChI is InChI=1S/C32H31F3N6O3S/c1-4-40(45(43,44)29-18-38(3)19-37-29)26-8-5-22-14-28-21-15-31(22,16-26)30(42)27-13-23(11-12-36-27)32(34,35)20(2)39(17-21)41(28)25-9-6-24(33)7-10-25/h6-7,9-14,18-19,26H,2,4-5,8,15-17H2,1,3H3/t26-,31-/m0/s1. The highest BCUT2D eigenvalue weighted by Gasteiger charge is 2.55. The molecular formula is C32H31F3N6O3S. The van der Waals surface area contributed by atoms with Gasteiger partial charge in [0.05, 0.1) is 29.7 Å². The number of carbonyl (C=O) groups is 1. The average molecular weight is 637 g/mol. The summed E-state index contributed by atoms with van der Waals surface area (Å²) in [6.07, 6.45) is 7.11. The largest absolute Gasteiger partial charge is 0.339 e. The first-order valence-corrected chi connectivity index (χ1v) is 16.2. The van der Waals surface area contributed by atoms with E-state index >= 15 is 8.78 Å². The van der Waals surface area contributed by atoms with Gasteiger partial charge in [0.2, 0.25) is 0 Å². The van der Waals surface area contributed by atoms with Crippen molar-refractivity contribution < 1.29 is 26.4 Å². The Bertz CT molecular complexity index is 1920. The van der Waals surface area contributed by atoms with Crippen LogP contribution in [0, 0.1) is 11.2 Å². The van der Waals surface area contributed by atoms with Crippen LogP contribution in [0.2, 0.25) is 0 Å². The van der Waals surface area contributed by atoms with Gasteiger partial charge in [-0.05, 0) is 73.7 Å². The van der Waals surface area contributed by atoms with Crippen molar-refractivity contribution in [3.8, 4) is 0 Å². The predicted molar refractivity (Wildman–Crippen MR) is 160 cm³/mol. The number of sulfonamides is 1. The number of imidazole rings is 1. The van der Waals surface area contributed by atoms with Gasteiger partial charge in [-0.1, -0.05) is 19.1 Å². The Morgan fingerprint density at radius 1 is 1.16 bits per heavy atom. The van der Waals surface area contributed by atoms with E-state index < -0.39 is 50.3 Å². The minimum absolute atomic E-state index is 0.0256. The molecule has 13 heteroatoms. The molecule has 1 aromatic carbocycles. The molecule has 5 bridgehead atoms. The van der Waals surface area contributed by atoms with E-state index in [1.54, 1.807) is 23.5 Å². The molecule has 2 aliphatic carbocycles. The molecule has 1 fully saturated rings. The van der Waals surface area contributed by atoms with Crippen molar-refractivity contribution in [3.63, 3.8) is 0 Å². The third-order valence-corrected chi connectivity index (χ3v) is 11.4. The molecule has 2 atom stereocenters. The molecule has 1 saturated carbocycles. The van der Waals surface area contributed by atoms with Gasteiger partial charge in [0, 0.05) is 37.6 Å². The number of aryl methyl sites for hydroxylation is 1. The fourth-order valence-electron chi connectivity index (χ4n) is 7.28. The van der Waals surface area contributed by atoms with Crippen molar-refractivity contribution in [2.45, 2.75) is 49.6 Å². The van der Waals surface area contributed by atoms with E-state index in [9.17, 15) is 17.6 Å². The molecule has 0 saturated heterocycles. The number of hydrazine groups is 1. The van der Waals surface area contributed by atoms with Crippen molar-refractivity contribution >= 4 is 21.5 Å². The van der Waals surface area contributed by atoms with Crippen LogP contribution in [0.25, 0.3) is 0 Å². The maximum atomic E-state index is 16.1. The number of hydrogen-bond acceptors (Lipinski definition) is 7. The number of aromatic nitrogens is 3. The highest BCUT2D eigenvalue weighted by atomic mass is 32.2. The summed E-state index contributed by atoms with van der Waals surface area (Å²) in [5.74, 6) is -4.45. The lowest BCUT2D eigenvalue weighted by Gasteiger charge is -2.46. The Morgan fingerprint density at radius 3 is 2.60 bits per heavy atom. The maximum absolute atomic E-state index is 16.1. The second-order valence-electron chi connectivity index (χ2n) is 12.0. The second kappa shape index (κ2) is 10.1. The number of pyridine rings is 1. The SMILES string of the molecule is C=C1N2CC3=C(C=C4CC[C@H](N(CC)S(=O)(=O)c5cn(C)cn5)C[C@]4(C3)C(=O)c3cc(ccn3)C1(F)F)N2c1ccc(F)cc1. The molecule has 4 heterocycles. The molecule has 2 aromatic heterocycles. The number of allylic oxidation sites excluding steroid dienone is 3. The smallest absolute Gasteiger partial charge is 0.314 e. The van der Waals surface area contributed by atoms with Gasteiger partial charge in [-0.15, -0.1) is 0 Å². The molecule has 7 rings (SSSR count). The Labute approximate surface area is 259 Å². The fraction of sp³-hybridized carbons (Fsp3) is 0.344. The highest BCUT2D eigenvalue weighted by Crippen LogP contribution is 2.56. The number of anilines is 1. The molecular weight excluding hydrogens is 605 g/mol. The van der Waals surface area contributed by atoms with Gasteiger partial charge in [0.1, 0.15) is 17.2 Å². The molecule has 9 nitrogen and oxygen atoms in total. The second-order valence-corrected chi connectivity index (χ2v) is 13.9. The zero-order valence-electron chi connectivity index (χ0n) is 24.8. The third kappa shape index (κ3) is 4.38. The number of fused-ring (bicyclic) bond motifs is 3. The number of Topliss-reactive ketones (excluding diaryl/α,β-unsaturated/α-hetero) is 1. The number of benzene rings is 1. The highest BCUT2D eigenvalue weighted by molar-refractivity contribution is 7.89. The number of nitrogens with zero attached hydrogens (tertiary/aromatic N) is 6. The quantitative estimate of drug-likeness (QED) is 0.374. The summed E-state index contributed by atoms with van der Waals surface area (Å²) in [5.41, 5.74) is 0.353. The first-order valence-electron chi connectivity index (χ1n) is 14.7. The normalized spacial score (nSPS) is 24.2. The molecule has 4 aliphatic rings. The summed E-state index contributed by atoms with van der Waals surface area (Å²) in [6.45, 7) is 5.75. The van der Waals surface area contributed by atoms with Gasteiger partial charge in [0.15, 0.2) is 10.8 Å². The summed E-state index contributed by atoms with van der Waals surface area (Å²) in [7, 11) is -2.31. The number of hydrogen-bond donors (Lipinski definition) is 0. The molecule has 1 spiro atoms. The van der Waals surface area contributed by atoms with Crippen LogP contribution in [0.5, 0.6) is 0 Å². The van der Waals surface area contributed by atoms with Gasteiger partial charge < -0.3 is 4.57 Å². The fourth-order valence-corrected chi connectivity index (χ4v) is 8.91. The van der Waals surface area contributed by atoms with Gasteiger partial charge in [-0.2, -0.15) is 13.1 Å². The Morgan fingerprint density at radius 2 is 1.91 bits per heavy atom. The lowest BCUT2D eigenvalue weighted by Crippen LogP contribution is -2.50.